The standard InChI is InChI=1S/C24H37FO4/c1-4-7-8-9-10-11-12-13-14-18-28-22(26)24(5-2,6-3)23(27)29-21-17-15-16-20(25)19-21/h15-17,19H,4-14,18H2,1-3H3. The minimum atomic E-state index is -1.36. The topological polar surface area (TPSA) is 52.6 Å². The molecule has 0 aliphatic heterocycles. The van der Waals surface area contributed by atoms with Crippen molar-refractivity contribution in [2.75, 3.05) is 6.61 Å². The van der Waals surface area contributed by atoms with Gasteiger partial charge in [0.1, 0.15) is 11.6 Å². The van der Waals surface area contributed by atoms with Crippen molar-refractivity contribution in [1.29, 1.82) is 0 Å². The summed E-state index contributed by atoms with van der Waals surface area (Å²) in [6.45, 7) is 6.05. The number of ether oxygens (including phenoxy) is 2. The molecule has 29 heavy (non-hydrogen) atoms. The molecule has 1 rings (SSSR count). The van der Waals surface area contributed by atoms with Gasteiger partial charge in [-0.2, -0.15) is 0 Å². The molecule has 1 aromatic carbocycles. The Hall–Kier alpha value is -1.91. The van der Waals surface area contributed by atoms with Gasteiger partial charge >= 0.3 is 11.9 Å². The molecule has 0 bridgehead atoms. The molecule has 0 heterocycles. The van der Waals surface area contributed by atoms with Crippen LogP contribution in [-0.4, -0.2) is 18.5 Å². The van der Waals surface area contributed by atoms with Crippen molar-refractivity contribution in [2.24, 2.45) is 5.41 Å². The molecule has 0 spiro atoms. The second-order valence-electron chi connectivity index (χ2n) is 7.60. The first-order valence-electron chi connectivity index (χ1n) is 11.1. The van der Waals surface area contributed by atoms with Crippen LogP contribution >= 0.6 is 0 Å². The minimum Gasteiger partial charge on any atom is -0.465 e. The fourth-order valence-electron chi connectivity index (χ4n) is 3.36. The summed E-state index contributed by atoms with van der Waals surface area (Å²) in [7, 11) is 0. The number of rotatable bonds is 15. The van der Waals surface area contributed by atoms with Gasteiger partial charge in [-0.05, 0) is 31.4 Å². The van der Waals surface area contributed by atoms with Gasteiger partial charge < -0.3 is 9.47 Å². The van der Waals surface area contributed by atoms with Gasteiger partial charge in [-0.25, -0.2) is 4.39 Å². The second-order valence-corrected chi connectivity index (χ2v) is 7.60. The average molecular weight is 409 g/mol. The summed E-state index contributed by atoms with van der Waals surface area (Å²) in [5.41, 5.74) is -1.36. The maximum Gasteiger partial charge on any atom is 0.328 e. The van der Waals surface area contributed by atoms with Crippen molar-refractivity contribution in [3.63, 3.8) is 0 Å². The van der Waals surface area contributed by atoms with Crippen LogP contribution < -0.4 is 4.74 Å². The number of halogens is 1. The normalized spacial score (nSPS) is 11.3. The largest absolute Gasteiger partial charge is 0.465 e. The van der Waals surface area contributed by atoms with Gasteiger partial charge in [-0.15, -0.1) is 0 Å². The van der Waals surface area contributed by atoms with E-state index in [-0.39, 0.29) is 18.6 Å². The highest BCUT2D eigenvalue weighted by Crippen LogP contribution is 2.31. The lowest BCUT2D eigenvalue weighted by molar-refractivity contribution is -0.168. The van der Waals surface area contributed by atoms with E-state index in [1.54, 1.807) is 13.8 Å². The fraction of sp³-hybridized carbons (Fsp3) is 0.667. The van der Waals surface area contributed by atoms with Crippen LogP contribution in [0.5, 0.6) is 5.75 Å². The molecule has 0 aliphatic carbocycles. The van der Waals surface area contributed by atoms with Crippen LogP contribution in [0.25, 0.3) is 0 Å². The van der Waals surface area contributed by atoms with Crippen LogP contribution in [0.15, 0.2) is 24.3 Å². The van der Waals surface area contributed by atoms with E-state index in [0.717, 1.165) is 25.3 Å². The predicted molar refractivity (Wildman–Crippen MR) is 113 cm³/mol. The summed E-state index contributed by atoms with van der Waals surface area (Å²) in [5.74, 6) is -1.65. The zero-order valence-electron chi connectivity index (χ0n) is 18.3. The van der Waals surface area contributed by atoms with Crippen LogP contribution in [0.1, 0.15) is 91.4 Å². The van der Waals surface area contributed by atoms with E-state index in [1.165, 1.54) is 56.7 Å². The van der Waals surface area contributed by atoms with Crippen molar-refractivity contribution >= 4 is 11.9 Å². The van der Waals surface area contributed by atoms with Crippen LogP contribution in [0.2, 0.25) is 0 Å². The maximum atomic E-state index is 13.3. The average Bonchev–Trinajstić information content (AvgIpc) is 2.70. The summed E-state index contributed by atoms with van der Waals surface area (Å²) in [6, 6.07) is 5.34. The van der Waals surface area contributed by atoms with Crippen molar-refractivity contribution in [1.82, 2.24) is 0 Å². The Morgan fingerprint density at radius 2 is 1.45 bits per heavy atom. The predicted octanol–water partition coefficient (Wildman–Crippen LogP) is 6.61. The zero-order valence-corrected chi connectivity index (χ0v) is 18.3. The molecular formula is C24H37FO4. The third-order valence-electron chi connectivity index (χ3n) is 5.48. The van der Waals surface area contributed by atoms with E-state index in [9.17, 15) is 14.0 Å². The molecule has 0 saturated carbocycles. The van der Waals surface area contributed by atoms with Crippen LogP contribution in [-0.2, 0) is 14.3 Å². The molecule has 0 amide bonds. The van der Waals surface area contributed by atoms with E-state index in [2.05, 4.69) is 6.92 Å². The number of carbonyl (C=O) groups excluding carboxylic acids is 2. The zero-order chi connectivity index (χ0) is 21.5. The molecule has 0 radical (unpaired) electrons. The molecule has 0 atom stereocenters. The molecule has 1 aromatic rings. The Balaban J connectivity index is 2.41. The van der Waals surface area contributed by atoms with Crippen molar-refractivity contribution in [2.45, 2.75) is 91.4 Å². The maximum absolute atomic E-state index is 13.3. The quantitative estimate of drug-likeness (QED) is 0.142. The third-order valence-corrected chi connectivity index (χ3v) is 5.48. The van der Waals surface area contributed by atoms with Gasteiger partial charge in [-0.3, -0.25) is 9.59 Å². The molecule has 0 saturated heterocycles. The first-order valence-corrected chi connectivity index (χ1v) is 11.1. The van der Waals surface area contributed by atoms with Crippen LogP contribution in [0.4, 0.5) is 4.39 Å². The van der Waals surface area contributed by atoms with Gasteiger partial charge in [0.15, 0.2) is 5.41 Å². The molecule has 0 fully saturated rings. The van der Waals surface area contributed by atoms with Gasteiger partial charge in [0.25, 0.3) is 0 Å². The second kappa shape index (κ2) is 14.1. The van der Waals surface area contributed by atoms with Crippen molar-refractivity contribution in [3.8, 4) is 5.75 Å². The van der Waals surface area contributed by atoms with E-state index < -0.39 is 23.2 Å². The molecule has 5 heteroatoms. The Morgan fingerprint density at radius 3 is 2.00 bits per heavy atom. The lowest BCUT2D eigenvalue weighted by Gasteiger charge is -2.26. The Kier molecular flexibility index (Phi) is 12.2. The van der Waals surface area contributed by atoms with Crippen LogP contribution in [0.3, 0.4) is 0 Å². The molecule has 0 aromatic heterocycles. The highest BCUT2D eigenvalue weighted by atomic mass is 19.1. The minimum absolute atomic E-state index is 0.0908. The lowest BCUT2D eigenvalue weighted by atomic mass is 9.82. The van der Waals surface area contributed by atoms with Crippen LogP contribution in [0, 0.1) is 11.2 Å². The van der Waals surface area contributed by atoms with E-state index in [1.807, 2.05) is 0 Å². The number of carbonyl (C=O) groups is 2. The van der Waals surface area contributed by atoms with Gasteiger partial charge in [-0.1, -0.05) is 78.2 Å². The monoisotopic (exact) mass is 408 g/mol. The van der Waals surface area contributed by atoms with Crippen molar-refractivity contribution < 1.29 is 23.5 Å². The fourth-order valence-corrected chi connectivity index (χ4v) is 3.36. The number of hydrogen-bond donors (Lipinski definition) is 0. The van der Waals surface area contributed by atoms with Gasteiger partial charge in [0.05, 0.1) is 6.61 Å². The highest BCUT2D eigenvalue weighted by Gasteiger charge is 2.46. The number of hydrogen-bond acceptors (Lipinski definition) is 4. The number of benzene rings is 1. The van der Waals surface area contributed by atoms with Gasteiger partial charge in [0.2, 0.25) is 0 Å². The van der Waals surface area contributed by atoms with Gasteiger partial charge in [0, 0.05) is 6.07 Å². The molecule has 4 nitrogen and oxygen atoms in total. The molecule has 0 N–H and O–H groups in total. The van der Waals surface area contributed by atoms with E-state index in [0.29, 0.717) is 6.61 Å². The lowest BCUT2D eigenvalue weighted by Crippen LogP contribution is -2.42. The Bertz CT molecular complexity index is 611. The summed E-state index contributed by atoms with van der Waals surface area (Å²) in [6.07, 6.45) is 11.2. The highest BCUT2D eigenvalue weighted by molar-refractivity contribution is 6.00. The summed E-state index contributed by atoms with van der Waals surface area (Å²) >= 11 is 0. The molecule has 0 unspecified atom stereocenters. The summed E-state index contributed by atoms with van der Waals surface area (Å²) < 4.78 is 24.0. The summed E-state index contributed by atoms with van der Waals surface area (Å²) in [4.78, 5) is 25.4. The molecule has 164 valence electrons. The smallest absolute Gasteiger partial charge is 0.328 e. The molecular weight excluding hydrogens is 371 g/mol. The van der Waals surface area contributed by atoms with E-state index in [4.69, 9.17) is 9.47 Å². The van der Waals surface area contributed by atoms with E-state index >= 15 is 0 Å². The Labute approximate surface area is 175 Å². The first-order chi connectivity index (χ1) is 14.0. The number of unbranched alkanes of at least 4 members (excludes halogenated alkanes) is 8. The first kappa shape index (κ1) is 25.1. The Morgan fingerprint density at radius 1 is 0.862 bits per heavy atom. The third kappa shape index (κ3) is 8.55. The summed E-state index contributed by atoms with van der Waals surface area (Å²) in [5, 5.41) is 0. The van der Waals surface area contributed by atoms with Crippen molar-refractivity contribution in [3.05, 3.63) is 30.1 Å². The molecule has 0 aliphatic rings. The SMILES string of the molecule is CCCCCCCCCCCOC(=O)C(CC)(CC)C(=O)Oc1cccc(F)c1. The number of esters is 2.